The molecule has 1 aliphatic carbocycles. The van der Waals surface area contributed by atoms with Crippen molar-refractivity contribution in [3.8, 4) is 5.75 Å². The zero-order valence-electron chi connectivity index (χ0n) is 16.8. The molecule has 0 bridgehead atoms. The SMILES string of the molecule is CCNC(=O)COc1cccc(CNC(=NC)NCCCOCC2CC2)c1.I. The van der Waals surface area contributed by atoms with Gasteiger partial charge in [-0.2, -0.15) is 0 Å². The van der Waals surface area contributed by atoms with Crippen molar-refractivity contribution in [2.45, 2.75) is 32.7 Å². The molecule has 1 saturated carbocycles. The molecule has 1 aromatic carbocycles. The summed E-state index contributed by atoms with van der Waals surface area (Å²) < 4.78 is 11.1. The molecular weight excluding hydrogens is 471 g/mol. The number of amides is 1. The zero-order valence-corrected chi connectivity index (χ0v) is 19.2. The number of nitrogens with zero attached hydrogens (tertiary/aromatic N) is 1. The molecule has 1 amide bonds. The van der Waals surface area contributed by atoms with Crippen molar-refractivity contribution in [1.29, 1.82) is 0 Å². The fourth-order valence-corrected chi connectivity index (χ4v) is 2.46. The number of benzene rings is 1. The Labute approximate surface area is 185 Å². The normalized spacial score (nSPS) is 13.4. The average Bonchev–Trinajstić information content (AvgIpc) is 3.50. The summed E-state index contributed by atoms with van der Waals surface area (Å²) in [7, 11) is 1.75. The lowest BCUT2D eigenvalue weighted by Crippen LogP contribution is -2.37. The average molecular weight is 504 g/mol. The largest absolute Gasteiger partial charge is 0.484 e. The van der Waals surface area contributed by atoms with Gasteiger partial charge >= 0.3 is 0 Å². The van der Waals surface area contributed by atoms with Gasteiger partial charge in [0.05, 0.1) is 0 Å². The van der Waals surface area contributed by atoms with Crippen molar-refractivity contribution >= 4 is 35.8 Å². The van der Waals surface area contributed by atoms with Gasteiger partial charge in [-0.3, -0.25) is 9.79 Å². The number of ether oxygens (including phenoxy) is 2. The fourth-order valence-electron chi connectivity index (χ4n) is 2.46. The molecular formula is C20H33IN4O3. The minimum Gasteiger partial charge on any atom is -0.484 e. The van der Waals surface area contributed by atoms with Crippen LogP contribution in [0.3, 0.4) is 0 Å². The van der Waals surface area contributed by atoms with Crippen LogP contribution in [-0.2, 0) is 16.1 Å². The number of guanidine groups is 1. The van der Waals surface area contributed by atoms with E-state index in [1.165, 1.54) is 12.8 Å². The van der Waals surface area contributed by atoms with Gasteiger partial charge in [-0.15, -0.1) is 24.0 Å². The molecule has 0 aliphatic heterocycles. The van der Waals surface area contributed by atoms with Gasteiger partial charge in [0.1, 0.15) is 5.75 Å². The van der Waals surface area contributed by atoms with E-state index in [4.69, 9.17) is 9.47 Å². The van der Waals surface area contributed by atoms with Gasteiger partial charge in [0.15, 0.2) is 12.6 Å². The maximum absolute atomic E-state index is 11.5. The molecule has 0 heterocycles. The third kappa shape index (κ3) is 10.7. The van der Waals surface area contributed by atoms with Gasteiger partial charge in [0.2, 0.25) is 0 Å². The second-order valence-electron chi connectivity index (χ2n) is 6.61. The highest BCUT2D eigenvalue weighted by Gasteiger charge is 2.20. The van der Waals surface area contributed by atoms with Crippen molar-refractivity contribution in [3.63, 3.8) is 0 Å². The first-order chi connectivity index (χ1) is 13.2. The van der Waals surface area contributed by atoms with Crippen LogP contribution in [-0.4, -0.2) is 51.8 Å². The van der Waals surface area contributed by atoms with Crippen LogP contribution in [0.15, 0.2) is 29.3 Å². The molecule has 3 N–H and O–H groups in total. The molecule has 0 radical (unpaired) electrons. The summed E-state index contributed by atoms with van der Waals surface area (Å²) in [4.78, 5) is 15.7. The number of carbonyl (C=O) groups excluding carboxylic acids is 1. The molecule has 0 spiro atoms. The Hall–Kier alpha value is -1.55. The van der Waals surface area contributed by atoms with E-state index in [9.17, 15) is 4.79 Å². The van der Waals surface area contributed by atoms with Crippen LogP contribution < -0.4 is 20.7 Å². The summed E-state index contributed by atoms with van der Waals surface area (Å²) in [6, 6.07) is 7.69. The summed E-state index contributed by atoms with van der Waals surface area (Å²) in [6.07, 6.45) is 3.61. The maximum atomic E-state index is 11.5. The predicted molar refractivity (Wildman–Crippen MR) is 122 cm³/mol. The molecule has 0 saturated heterocycles. The predicted octanol–water partition coefficient (Wildman–Crippen LogP) is 2.30. The van der Waals surface area contributed by atoms with Crippen LogP contribution in [0.5, 0.6) is 5.75 Å². The summed E-state index contributed by atoms with van der Waals surface area (Å²) in [6.45, 7) is 5.64. The molecule has 0 atom stereocenters. The number of rotatable bonds is 12. The number of halogens is 1. The quantitative estimate of drug-likeness (QED) is 0.176. The summed E-state index contributed by atoms with van der Waals surface area (Å²) in [5, 5.41) is 9.28. The zero-order chi connectivity index (χ0) is 19.3. The lowest BCUT2D eigenvalue weighted by molar-refractivity contribution is -0.122. The number of likely N-dealkylation sites (N-methyl/N-ethyl adjacent to an activating group) is 1. The van der Waals surface area contributed by atoms with E-state index in [1.54, 1.807) is 7.05 Å². The van der Waals surface area contributed by atoms with Crippen LogP contribution in [0.2, 0.25) is 0 Å². The first-order valence-electron chi connectivity index (χ1n) is 9.72. The molecule has 158 valence electrons. The Bertz CT molecular complexity index is 609. The molecule has 0 unspecified atom stereocenters. The first kappa shape index (κ1) is 24.5. The van der Waals surface area contributed by atoms with Crippen molar-refractivity contribution in [1.82, 2.24) is 16.0 Å². The lowest BCUT2D eigenvalue weighted by atomic mass is 10.2. The van der Waals surface area contributed by atoms with Gasteiger partial charge < -0.3 is 25.4 Å². The van der Waals surface area contributed by atoms with E-state index in [1.807, 2.05) is 31.2 Å². The van der Waals surface area contributed by atoms with Gasteiger partial charge in [-0.05, 0) is 49.8 Å². The van der Waals surface area contributed by atoms with Crippen LogP contribution >= 0.6 is 24.0 Å². The molecule has 8 heteroatoms. The summed E-state index contributed by atoms with van der Waals surface area (Å²) in [5.41, 5.74) is 1.05. The molecule has 7 nitrogen and oxygen atoms in total. The van der Waals surface area contributed by atoms with Crippen molar-refractivity contribution in [2.75, 3.05) is 40.0 Å². The third-order valence-corrected chi connectivity index (χ3v) is 4.13. The highest BCUT2D eigenvalue weighted by molar-refractivity contribution is 14.0. The minimum absolute atomic E-state index is 0. The summed E-state index contributed by atoms with van der Waals surface area (Å²) >= 11 is 0. The Morgan fingerprint density at radius 3 is 2.79 bits per heavy atom. The molecule has 1 fully saturated rings. The number of aliphatic imine (C=N–C) groups is 1. The van der Waals surface area contributed by atoms with Gasteiger partial charge in [-0.25, -0.2) is 0 Å². The molecule has 28 heavy (non-hydrogen) atoms. The van der Waals surface area contributed by atoms with E-state index < -0.39 is 0 Å². The maximum Gasteiger partial charge on any atom is 0.257 e. The Kier molecular flexibility index (Phi) is 12.6. The van der Waals surface area contributed by atoms with Crippen LogP contribution in [0.1, 0.15) is 31.7 Å². The monoisotopic (exact) mass is 504 g/mol. The molecule has 1 aliphatic rings. The molecule has 2 rings (SSSR count). The number of nitrogens with one attached hydrogen (secondary N) is 3. The number of carbonyl (C=O) groups is 1. The summed E-state index contributed by atoms with van der Waals surface area (Å²) in [5.74, 6) is 2.13. The lowest BCUT2D eigenvalue weighted by Gasteiger charge is -2.13. The van der Waals surface area contributed by atoms with E-state index in [2.05, 4.69) is 20.9 Å². The minimum atomic E-state index is -0.119. The van der Waals surface area contributed by atoms with Crippen molar-refractivity contribution in [3.05, 3.63) is 29.8 Å². The van der Waals surface area contributed by atoms with Crippen LogP contribution in [0.25, 0.3) is 0 Å². The standard InChI is InChI=1S/C20H32N4O3.HI/c1-3-22-19(25)15-27-18-7-4-6-17(12-18)13-24-20(21-2)23-10-5-11-26-14-16-8-9-16;/h4,6-7,12,16H,3,5,8-11,13-15H2,1-2H3,(H,22,25)(H2,21,23,24);1H. The van der Waals surface area contributed by atoms with Gasteiger partial charge in [-0.1, -0.05) is 12.1 Å². The Morgan fingerprint density at radius 2 is 2.07 bits per heavy atom. The van der Waals surface area contributed by atoms with Gasteiger partial charge in [0, 0.05) is 39.9 Å². The van der Waals surface area contributed by atoms with E-state index >= 15 is 0 Å². The smallest absolute Gasteiger partial charge is 0.257 e. The van der Waals surface area contributed by atoms with E-state index in [-0.39, 0.29) is 36.5 Å². The number of hydrogen-bond acceptors (Lipinski definition) is 4. The first-order valence-corrected chi connectivity index (χ1v) is 9.72. The van der Waals surface area contributed by atoms with E-state index in [0.29, 0.717) is 18.8 Å². The second-order valence-corrected chi connectivity index (χ2v) is 6.61. The second kappa shape index (κ2) is 14.4. The van der Waals surface area contributed by atoms with Crippen molar-refractivity contribution in [2.24, 2.45) is 10.9 Å². The van der Waals surface area contributed by atoms with E-state index in [0.717, 1.165) is 43.6 Å². The number of hydrogen-bond donors (Lipinski definition) is 3. The third-order valence-electron chi connectivity index (χ3n) is 4.13. The van der Waals surface area contributed by atoms with Gasteiger partial charge in [0.25, 0.3) is 5.91 Å². The Balaban J connectivity index is 0.00000392. The highest BCUT2D eigenvalue weighted by atomic mass is 127. The molecule has 0 aromatic heterocycles. The fraction of sp³-hybridized carbons (Fsp3) is 0.600. The Morgan fingerprint density at radius 1 is 1.25 bits per heavy atom. The van der Waals surface area contributed by atoms with Crippen LogP contribution in [0, 0.1) is 5.92 Å². The van der Waals surface area contributed by atoms with Crippen LogP contribution in [0.4, 0.5) is 0 Å². The molecule has 1 aromatic rings. The van der Waals surface area contributed by atoms with Crippen molar-refractivity contribution < 1.29 is 14.3 Å². The topological polar surface area (TPSA) is 84.0 Å². The highest BCUT2D eigenvalue weighted by Crippen LogP contribution is 2.28.